The zero-order valence-corrected chi connectivity index (χ0v) is 9.41. The first-order chi connectivity index (χ1) is 6.83. The van der Waals surface area contributed by atoms with E-state index in [1.165, 1.54) is 38.5 Å². The average Bonchev–Trinajstić information content (AvgIpc) is 2.68. The largest absolute Gasteiger partial charge is 0.389 e. The molecule has 1 N–H and O–H groups in total. The summed E-state index contributed by atoms with van der Waals surface area (Å²) in [4.78, 5) is 0. The molecule has 0 heterocycles. The Hall–Kier alpha value is -0.300. The van der Waals surface area contributed by atoms with Gasteiger partial charge < -0.3 is 5.11 Å². The lowest BCUT2D eigenvalue weighted by Gasteiger charge is -2.06. The van der Waals surface area contributed by atoms with Crippen LogP contribution in [0.25, 0.3) is 0 Å². The van der Waals surface area contributed by atoms with Gasteiger partial charge in [-0.2, -0.15) is 0 Å². The lowest BCUT2D eigenvalue weighted by atomic mass is 10.1. The first kappa shape index (κ1) is 11.8. The summed E-state index contributed by atoms with van der Waals surface area (Å²) in [6.07, 6.45) is 14.1. The van der Waals surface area contributed by atoms with Gasteiger partial charge in [0.15, 0.2) is 0 Å². The lowest BCUT2D eigenvalue weighted by molar-refractivity contribution is 0.207. The second kappa shape index (κ2) is 7.05. The maximum atomic E-state index is 9.65. The maximum absolute atomic E-state index is 9.65. The summed E-state index contributed by atoms with van der Waals surface area (Å²) in [5, 5.41) is 9.65. The van der Waals surface area contributed by atoms with Gasteiger partial charge >= 0.3 is 0 Å². The molecular formula is C13H24O. The fraction of sp³-hybridized carbons (Fsp3) is 0.846. The highest BCUT2D eigenvalue weighted by Gasteiger charge is 2.11. The number of aliphatic hydroxyl groups is 1. The Balaban J connectivity index is 2.08. The standard InChI is InChI=1S/C13H24O/c1-2-3-4-9-13(14)11-10-12-7-5-6-8-12/h10-14H,2-9H2,1H3/b11-10+/t13-/m0/s1. The molecule has 0 unspecified atom stereocenters. The highest BCUT2D eigenvalue weighted by atomic mass is 16.3. The molecule has 1 atom stereocenters. The van der Waals surface area contributed by atoms with Gasteiger partial charge in [0.05, 0.1) is 6.10 Å². The van der Waals surface area contributed by atoms with E-state index >= 15 is 0 Å². The summed E-state index contributed by atoms with van der Waals surface area (Å²) < 4.78 is 0. The van der Waals surface area contributed by atoms with Crippen LogP contribution < -0.4 is 0 Å². The van der Waals surface area contributed by atoms with Gasteiger partial charge in [-0.15, -0.1) is 0 Å². The van der Waals surface area contributed by atoms with Crippen LogP contribution >= 0.6 is 0 Å². The van der Waals surface area contributed by atoms with Gasteiger partial charge in [0.25, 0.3) is 0 Å². The first-order valence-corrected chi connectivity index (χ1v) is 6.19. The van der Waals surface area contributed by atoms with E-state index < -0.39 is 0 Å². The van der Waals surface area contributed by atoms with Crippen LogP contribution in [0.1, 0.15) is 58.3 Å². The smallest absolute Gasteiger partial charge is 0.0721 e. The van der Waals surface area contributed by atoms with Gasteiger partial charge in [0, 0.05) is 0 Å². The minimum atomic E-state index is -0.192. The van der Waals surface area contributed by atoms with E-state index in [9.17, 15) is 5.11 Å². The SMILES string of the molecule is CCCCC[C@H](O)/C=C/C1CCCC1. The summed E-state index contributed by atoms with van der Waals surface area (Å²) in [5.74, 6) is 0.760. The van der Waals surface area contributed by atoms with Crippen molar-refractivity contribution in [2.45, 2.75) is 64.4 Å². The molecule has 1 heteroatoms. The van der Waals surface area contributed by atoms with Gasteiger partial charge in [0.2, 0.25) is 0 Å². The predicted molar refractivity (Wildman–Crippen MR) is 61.2 cm³/mol. The first-order valence-electron chi connectivity index (χ1n) is 6.19. The second-order valence-electron chi connectivity index (χ2n) is 4.49. The van der Waals surface area contributed by atoms with Crippen LogP contribution in [-0.2, 0) is 0 Å². The number of aliphatic hydroxyl groups excluding tert-OH is 1. The van der Waals surface area contributed by atoms with Crippen LogP contribution in [0.15, 0.2) is 12.2 Å². The Kier molecular flexibility index (Phi) is 5.93. The van der Waals surface area contributed by atoms with Gasteiger partial charge in [-0.3, -0.25) is 0 Å². The molecule has 0 amide bonds. The number of hydrogen-bond donors (Lipinski definition) is 1. The Morgan fingerprint density at radius 2 is 2.00 bits per heavy atom. The minimum Gasteiger partial charge on any atom is -0.389 e. The Morgan fingerprint density at radius 3 is 2.64 bits per heavy atom. The summed E-state index contributed by atoms with van der Waals surface area (Å²) in [5.41, 5.74) is 0. The van der Waals surface area contributed by atoms with Crippen molar-refractivity contribution < 1.29 is 5.11 Å². The average molecular weight is 196 g/mol. The van der Waals surface area contributed by atoms with Crippen LogP contribution in [0.5, 0.6) is 0 Å². The van der Waals surface area contributed by atoms with Crippen molar-refractivity contribution in [3.63, 3.8) is 0 Å². The minimum absolute atomic E-state index is 0.192. The molecular weight excluding hydrogens is 172 g/mol. The van der Waals surface area contributed by atoms with E-state index in [4.69, 9.17) is 0 Å². The lowest BCUT2D eigenvalue weighted by Crippen LogP contribution is -2.02. The number of hydrogen-bond acceptors (Lipinski definition) is 1. The molecule has 0 bridgehead atoms. The van der Waals surface area contributed by atoms with Crippen LogP contribution in [0.4, 0.5) is 0 Å². The molecule has 0 spiro atoms. The van der Waals surface area contributed by atoms with Gasteiger partial charge in [-0.1, -0.05) is 51.2 Å². The molecule has 1 nitrogen and oxygen atoms in total. The normalized spacial score (nSPS) is 20.7. The fourth-order valence-electron chi connectivity index (χ4n) is 2.13. The molecule has 0 saturated heterocycles. The van der Waals surface area contributed by atoms with Crippen LogP contribution in [0.3, 0.4) is 0 Å². The third kappa shape index (κ3) is 4.80. The molecule has 1 rings (SSSR count). The quantitative estimate of drug-likeness (QED) is 0.507. The van der Waals surface area contributed by atoms with Crippen molar-refractivity contribution in [2.24, 2.45) is 5.92 Å². The molecule has 1 aliphatic carbocycles. The molecule has 0 aliphatic heterocycles. The van der Waals surface area contributed by atoms with Crippen molar-refractivity contribution in [3.05, 3.63) is 12.2 Å². The van der Waals surface area contributed by atoms with Crippen molar-refractivity contribution in [3.8, 4) is 0 Å². The van der Waals surface area contributed by atoms with Crippen molar-refractivity contribution >= 4 is 0 Å². The van der Waals surface area contributed by atoms with Crippen molar-refractivity contribution in [1.82, 2.24) is 0 Å². The molecule has 82 valence electrons. The highest BCUT2D eigenvalue weighted by molar-refractivity contribution is 4.94. The van der Waals surface area contributed by atoms with Crippen molar-refractivity contribution in [2.75, 3.05) is 0 Å². The Bertz CT molecular complexity index is 157. The molecule has 0 aromatic carbocycles. The van der Waals surface area contributed by atoms with Crippen LogP contribution in [-0.4, -0.2) is 11.2 Å². The molecule has 0 radical (unpaired) electrons. The summed E-state index contributed by atoms with van der Waals surface area (Å²) in [6, 6.07) is 0. The van der Waals surface area contributed by atoms with Gasteiger partial charge in [-0.05, 0) is 25.2 Å². The third-order valence-electron chi connectivity index (χ3n) is 3.11. The molecule has 1 saturated carbocycles. The molecule has 0 aromatic rings. The van der Waals surface area contributed by atoms with E-state index in [1.807, 2.05) is 6.08 Å². The van der Waals surface area contributed by atoms with E-state index in [0.717, 1.165) is 18.8 Å². The second-order valence-corrected chi connectivity index (χ2v) is 4.49. The molecule has 0 aromatic heterocycles. The van der Waals surface area contributed by atoms with Crippen molar-refractivity contribution in [1.29, 1.82) is 0 Å². The topological polar surface area (TPSA) is 20.2 Å². The van der Waals surface area contributed by atoms with Crippen LogP contribution in [0.2, 0.25) is 0 Å². The number of allylic oxidation sites excluding steroid dienone is 1. The zero-order valence-electron chi connectivity index (χ0n) is 9.41. The third-order valence-corrected chi connectivity index (χ3v) is 3.11. The highest BCUT2D eigenvalue weighted by Crippen LogP contribution is 2.25. The van der Waals surface area contributed by atoms with E-state index in [-0.39, 0.29) is 6.10 Å². The molecule has 1 aliphatic rings. The van der Waals surface area contributed by atoms with E-state index in [0.29, 0.717) is 0 Å². The molecule has 1 fully saturated rings. The summed E-state index contributed by atoms with van der Waals surface area (Å²) in [6.45, 7) is 2.20. The van der Waals surface area contributed by atoms with Gasteiger partial charge in [0.1, 0.15) is 0 Å². The number of rotatable bonds is 6. The monoisotopic (exact) mass is 196 g/mol. The Labute approximate surface area is 88.2 Å². The maximum Gasteiger partial charge on any atom is 0.0721 e. The molecule has 14 heavy (non-hydrogen) atoms. The fourth-order valence-corrected chi connectivity index (χ4v) is 2.13. The summed E-state index contributed by atoms with van der Waals surface area (Å²) in [7, 11) is 0. The Morgan fingerprint density at radius 1 is 1.29 bits per heavy atom. The predicted octanol–water partition coefficient (Wildman–Crippen LogP) is 3.67. The van der Waals surface area contributed by atoms with Crippen LogP contribution in [0, 0.1) is 5.92 Å². The van der Waals surface area contributed by atoms with E-state index in [2.05, 4.69) is 13.0 Å². The van der Waals surface area contributed by atoms with Gasteiger partial charge in [-0.25, -0.2) is 0 Å². The zero-order chi connectivity index (χ0) is 10.2. The van der Waals surface area contributed by atoms with E-state index in [1.54, 1.807) is 0 Å². The summed E-state index contributed by atoms with van der Waals surface area (Å²) >= 11 is 0. The number of unbranched alkanes of at least 4 members (excludes halogenated alkanes) is 2.